The number of carbonyl (C=O) groups is 2. The molecule has 1 aromatic rings. The monoisotopic (exact) mass is 338 g/mol. The fraction of sp³-hybridized carbons (Fsp3) is 0.556. The third kappa shape index (κ3) is 7.60. The summed E-state index contributed by atoms with van der Waals surface area (Å²) in [7, 11) is -0.719. The summed E-state index contributed by atoms with van der Waals surface area (Å²) in [5.41, 5.74) is 0.918. The fourth-order valence-electron chi connectivity index (χ4n) is 1.90. The van der Waals surface area contributed by atoms with Crippen LogP contribution in [0.15, 0.2) is 24.3 Å². The highest BCUT2D eigenvalue weighted by atomic mass is 31.1. The van der Waals surface area contributed by atoms with Crippen LogP contribution in [0.4, 0.5) is 0 Å². The molecule has 5 heteroatoms. The molecule has 0 amide bonds. The van der Waals surface area contributed by atoms with Gasteiger partial charge in [-0.15, -0.1) is 0 Å². The lowest BCUT2D eigenvalue weighted by Crippen LogP contribution is -2.08. The zero-order valence-electron chi connectivity index (χ0n) is 14.5. The van der Waals surface area contributed by atoms with Crippen molar-refractivity contribution in [3.05, 3.63) is 35.4 Å². The number of ether oxygens (including phenoxy) is 1. The van der Waals surface area contributed by atoms with Crippen molar-refractivity contribution in [2.75, 3.05) is 19.4 Å². The van der Waals surface area contributed by atoms with Crippen molar-refractivity contribution in [2.24, 2.45) is 5.92 Å². The van der Waals surface area contributed by atoms with Crippen molar-refractivity contribution in [3.8, 4) is 0 Å². The van der Waals surface area contributed by atoms with Crippen molar-refractivity contribution in [3.63, 3.8) is 0 Å². The van der Waals surface area contributed by atoms with Gasteiger partial charge in [-0.25, -0.2) is 9.59 Å². The average molecular weight is 338 g/mol. The molecule has 0 radical (unpaired) electrons. The minimum atomic E-state index is -0.719. The summed E-state index contributed by atoms with van der Waals surface area (Å²) in [6.07, 6.45) is 3.92. The van der Waals surface area contributed by atoms with Crippen LogP contribution in [0.3, 0.4) is 0 Å². The molecule has 0 aromatic heterocycles. The normalized spacial score (nSPS) is 12.0. The van der Waals surface area contributed by atoms with Crippen LogP contribution in [-0.2, 0) is 9.26 Å². The second-order valence-corrected chi connectivity index (χ2v) is 8.00. The van der Waals surface area contributed by atoms with E-state index < -0.39 is 8.15 Å². The van der Waals surface area contributed by atoms with E-state index in [1.165, 1.54) is 0 Å². The molecule has 1 atom stereocenters. The summed E-state index contributed by atoms with van der Waals surface area (Å²) in [6, 6.07) is 6.43. The smallest absolute Gasteiger partial charge is 0.340 e. The van der Waals surface area contributed by atoms with Gasteiger partial charge in [0, 0.05) is 6.16 Å². The van der Waals surface area contributed by atoms with E-state index >= 15 is 0 Å². The lowest BCUT2D eigenvalue weighted by atomic mass is 10.1. The molecule has 0 N–H and O–H groups in total. The Morgan fingerprint density at radius 3 is 2.13 bits per heavy atom. The lowest BCUT2D eigenvalue weighted by Gasteiger charge is -2.10. The van der Waals surface area contributed by atoms with Crippen LogP contribution in [0.2, 0.25) is 0 Å². The van der Waals surface area contributed by atoms with E-state index in [0.29, 0.717) is 23.7 Å². The highest BCUT2D eigenvalue weighted by Gasteiger charge is 2.13. The molecule has 4 nitrogen and oxygen atoms in total. The highest BCUT2D eigenvalue weighted by Crippen LogP contribution is 2.32. The quantitative estimate of drug-likeness (QED) is 0.366. The van der Waals surface area contributed by atoms with Crippen molar-refractivity contribution in [1.82, 2.24) is 0 Å². The molecule has 0 aliphatic heterocycles. The predicted molar refractivity (Wildman–Crippen MR) is 94.2 cm³/mol. The third-order valence-electron chi connectivity index (χ3n) is 3.45. The first-order chi connectivity index (χ1) is 10.9. The van der Waals surface area contributed by atoms with Crippen LogP contribution in [0.1, 0.15) is 60.7 Å². The van der Waals surface area contributed by atoms with Crippen molar-refractivity contribution in [1.29, 1.82) is 0 Å². The molecule has 0 saturated carbocycles. The van der Waals surface area contributed by atoms with Gasteiger partial charge in [0.1, 0.15) is 0 Å². The average Bonchev–Trinajstić information content (AvgIpc) is 2.54. The van der Waals surface area contributed by atoms with E-state index in [-0.39, 0.29) is 11.9 Å². The van der Waals surface area contributed by atoms with Crippen LogP contribution < -0.4 is 0 Å². The fourth-order valence-corrected chi connectivity index (χ4v) is 2.42. The summed E-state index contributed by atoms with van der Waals surface area (Å²) < 4.78 is 10.5. The number of hydrogen-bond acceptors (Lipinski definition) is 4. The second-order valence-electron chi connectivity index (χ2n) is 5.93. The van der Waals surface area contributed by atoms with E-state index in [1.807, 2.05) is 13.6 Å². The third-order valence-corrected chi connectivity index (χ3v) is 4.82. The highest BCUT2D eigenvalue weighted by molar-refractivity contribution is 7.52. The molecule has 0 heterocycles. The maximum Gasteiger partial charge on any atom is 0.340 e. The number of unbranched alkanes of at least 4 members (excludes halogenated alkanes) is 1. The summed E-state index contributed by atoms with van der Waals surface area (Å²) >= 11 is 0. The van der Waals surface area contributed by atoms with Crippen LogP contribution in [0.5, 0.6) is 0 Å². The van der Waals surface area contributed by atoms with Gasteiger partial charge in [-0.05, 0) is 49.7 Å². The Kier molecular flexibility index (Phi) is 8.86. The standard InChI is InChI=1S/C18H27O4P/c1-5-23(4)22-18(20)16-11-9-15(10-12-16)17(19)21-13-7-6-8-14(2)3/h9-12,14H,5-8,13H2,1-4H3. The first-order valence-corrected chi connectivity index (χ1v) is 10.0. The summed E-state index contributed by atoms with van der Waals surface area (Å²) in [6.45, 7) is 8.70. The summed E-state index contributed by atoms with van der Waals surface area (Å²) in [4.78, 5) is 23.8. The molecule has 1 unspecified atom stereocenters. The molecule has 0 spiro atoms. The Balaban J connectivity index is 2.43. The number of carbonyl (C=O) groups excluding carboxylic acids is 2. The molecular formula is C18H27O4P. The summed E-state index contributed by atoms with van der Waals surface area (Å²) in [5.74, 6) is -0.00955. The van der Waals surface area contributed by atoms with Gasteiger partial charge in [-0.2, -0.15) is 0 Å². The molecular weight excluding hydrogens is 311 g/mol. The molecule has 1 aromatic carbocycles. The molecule has 0 bridgehead atoms. The first kappa shape index (κ1) is 19.6. The Bertz CT molecular complexity index is 496. The molecule has 1 rings (SSSR count). The largest absolute Gasteiger partial charge is 0.462 e. The maximum absolute atomic E-state index is 11.9. The first-order valence-electron chi connectivity index (χ1n) is 8.14. The van der Waals surface area contributed by atoms with E-state index in [4.69, 9.17) is 9.26 Å². The number of benzene rings is 1. The molecule has 0 aliphatic rings. The lowest BCUT2D eigenvalue weighted by molar-refractivity contribution is 0.0496. The van der Waals surface area contributed by atoms with Crippen molar-refractivity contribution >= 4 is 20.1 Å². The molecule has 0 aliphatic carbocycles. The zero-order valence-corrected chi connectivity index (χ0v) is 15.4. The van der Waals surface area contributed by atoms with E-state index in [9.17, 15) is 9.59 Å². The SMILES string of the molecule is CCP(C)OC(=O)c1ccc(C(=O)OCCCCC(C)C)cc1. The minimum Gasteiger partial charge on any atom is -0.462 e. The van der Waals surface area contributed by atoms with Gasteiger partial charge in [0.05, 0.1) is 25.9 Å². The molecule has 0 fully saturated rings. The second kappa shape index (κ2) is 10.4. The van der Waals surface area contributed by atoms with Crippen LogP contribution in [0.25, 0.3) is 0 Å². The Hall–Kier alpha value is -1.41. The molecule has 0 saturated heterocycles. The van der Waals surface area contributed by atoms with Crippen LogP contribution in [-0.4, -0.2) is 31.4 Å². The number of rotatable bonds is 9. The van der Waals surface area contributed by atoms with Gasteiger partial charge >= 0.3 is 11.9 Å². The number of esters is 1. The van der Waals surface area contributed by atoms with E-state index in [2.05, 4.69) is 13.8 Å². The van der Waals surface area contributed by atoms with Crippen LogP contribution in [0, 0.1) is 5.92 Å². The van der Waals surface area contributed by atoms with Gasteiger partial charge in [0.15, 0.2) is 0 Å². The number of hydrogen-bond donors (Lipinski definition) is 0. The Labute approximate surface area is 140 Å². The Morgan fingerprint density at radius 2 is 1.61 bits per heavy atom. The van der Waals surface area contributed by atoms with Gasteiger partial charge in [-0.3, -0.25) is 0 Å². The minimum absolute atomic E-state index is 0.339. The van der Waals surface area contributed by atoms with Crippen LogP contribution >= 0.6 is 8.15 Å². The Morgan fingerprint density at radius 1 is 1.04 bits per heavy atom. The van der Waals surface area contributed by atoms with Gasteiger partial charge in [-0.1, -0.05) is 27.2 Å². The van der Waals surface area contributed by atoms with Gasteiger partial charge in [0.25, 0.3) is 0 Å². The summed E-state index contributed by atoms with van der Waals surface area (Å²) in [5, 5.41) is 0. The predicted octanol–water partition coefficient (Wildman–Crippen LogP) is 4.87. The molecule has 23 heavy (non-hydrogen) atoms. The topological polar surface area (TPSA) is 52.6 Å². The zero-order chi connectivity index (χ0) is 17.2. The van der Waals surface area contributed by atoms with Crippen molar-refractivity contribution < 1.29 is 18.8 Å². The molecule has 128 valence electrons. The van der Waals surface area contributed by atoms with E-state index in [1.54, 1.807) is 24.3 Å². The van der Waals surface area contributed by atoms with E-state index in [0.717, 1.165) is 25.4 Å². The van der Waals surface area contributed by atoms with Crippen molar-refractivity contribution in [2.45, 2.75) is 40.0 Å². The maximum atomic E-state index is 11.9. The van der Waals surface area contributed by atoms with Gasteiger partial charge in [0.2, 0.25) is 0 Å². The van der Waals surface area contributed by atoms with Gasteiger partial charge < -0.3 is 9.26 Å².